The zero-order valence-electron chi connectivity index (χ0n) is 10.5. The lowest BCUT2D eigenvalue weighted by Crippen LogP contribution is -2.06. The Morgan fingerprint density at radius 3 is 2.61 bits per heavy atom. The Morgan fingerprint density at radius 1 is 1.17 bits per heavy atom. The molecule has 0 atom stereocenters. The lowest BCUT2D eigenvalue weighted by Gasteiger charge is -2.08. The first kappa shape index (κ1) is 13.1. The molecule has 2 aromatic carbocycles. The van der Waals surface area contributed by atoms with Crippen molar-refractivity contribution in [1.29, 1.82) is 0 Å². The van der Waals surface area contributed by atoms with E-state index in [0.717, 1.165) is 11.4 Å². The maximum atomic E-state index is 13.5. The maximum absolute atomic E-state index is 13.5. The number of nitrogens with one attached hydrogen (secondary N) is 1. The average Bonchev–Trinajstić information content (AvgIpc) is 2.36. The van der Waals surface area contributed by atoms with Gasteiger partial charge in [0.1, 0.15) is 5.82 Å². The summed E-state index contributed by atoms with van der Waals surface area (Å²) in [5.74, 6) is -0.167. The summed E-state index contributed by atoms with van der Waals surface area (Å²) in [7, 11) is 1.93. The summed E-state index contributed by atoms with van der Waals surface area (Å²) in [6.07, 6.45) is 0. The average molecular weight is 261 g/mol. The molecule has 0 heterocycles. The van der Waals surface area contributed by atoms with Crippen LogP contribution in [0.2, 0.25) is 0 Å². The Morgan fingerprint density at radius 2 is 1.94 bits per heavy atom. The van der Waals surface area contributed by atoms with Crippen LogP contribution < -0.4 is 5.32 Å². The van der Waals surface area contributed by atoms with Crippen molar-refractivity contribution < 1.29 is 4.39 Å². The molecule has 94 valence electrons. The van der Waals surface area contributed by atoms with Crippen LogP contribution in [0, 0.1) is 12.7 Å². The lowest BCUT2D eigenvalue weighted by molar-refractivity contribution is 0.602. The molecular weight excluding hydrogens is 245 g/mol. The SMILES string of the molecule is CNCc1ccc(Sc2ccccc2F)cc1C. The fourth-order valence-electron chi connectivity index (χ4n) is 1.78. The Kier molecular flexibility index (Phi) is 4.39. The third kappa shape index (κ3) is 3.12. The monoisotopic (exact) mass is 261 g/mol. The van der Waals surface area contributed by atoms with Crippen LogP contribution in [-0.2, 0) is 6.54 Å². The highest BCUT2D eigenvalue weighted by Crippen LogP contribution is 2.30. The van der Waals surface area contributed by atoms with Crippen molar-refractivity contribution in [3.05, 3.63) is 59.4 Å². The first-order valence-corrected chi connectivity index (χ1v) is 6.69. The standard InChI is InChI=1S/C15H16FNS/c1-11-9-13(8-7-12(11)10-17-2)18-15-6-4-3-5-14(15)16/h3-9,17H,10H2,1-2H3. The van der Waals surface area contributed by atoms with E-state index in [1.807, 2.05) is 19.2 Å². The Hall–Kier alpha value is -1.32. The van der Waals surface area contributed by atoms with Crippen LogP contribution in [-0.4, -0.2) is 7.05 Å². The van der Waals surface area contributed by atoms with Crippen LogP contribution in [0.25, 0.3) is 0 Å². The fraction of sp³-hybridized carbons (Fsp3) is 0.200. The molecule has 0 saturated carbocycles. The molecular formula is C15H16FNS. The van der Waals surface area contributed by atoms with Crippen LogP contribution in [0.3, 0.4) is 0 Å². The van der Waals surface area contributed by atoms with E-state index in [4.69, 9.17) is 0 Å². The topological polar surface area (TPSA) is 12.0 Å². The summed E-state index contributed by atoms with van der Waals surface area (Å²) in [6.45, 7) is 2.94. The van der Waals surface area contributed by atoms with E-state index in [1.165, 1.54) is 29.0 Å². The third-order valence-corrected chi connectivity index (χ3v) is 3.79. The minimum atomic E-state index is -0.167. The number of rotatable bonds is 4. The quantitative estimate of drug-likeness (QED) is 0.892. The van der Waals surface area contributed by atoms with Gasteiger partial charge in [-0.3, -0.25) is 0 Å². The summed E-state index contributed by atoms with van der Waals surface area (Å²) in [4.78, 5) is 1.73. The zero-order valence-corrected chi connectivity index (χ0v) is 11.4. The molecule has 0 aliphatic rings. The number of hydrogen-bond donors (Lipinski definition) is 1. The molecule has 0 aliphatic heterocycles. The van der Waals surface area contributed by atoms with Crippen molar-refractivity contribution in [1.82, 2.24) is 5.32 Å². The molecule has 0 radical (unpaired) electrons. The molecule has 0 spiro atoms. The highest BCUT2D eigenvalue weighted by atomic mass is 32.2. The maximum Gasteiger partial charge on any atom is 0.137 e. The Bertz CT molecular complexity index is 540. The van der Waals surface area contributed by atoms with Gasteiger partial charge in [0.15, 0.2) is 0 Å². The summed E-state index contributed by atoms with van der Waals surface area (Å²) < 4.78 is 13.5. The highest BCUT2D eigenvalue weighted by molar-refractivity contribution is 7.99. The summed E-state index contributed by atoms with van der Waals surface area (Å²) >= 11 is 1.46. The van der Waals surface area contributed by atoms with Crippen molar-refractivity contribution in [3.8, 4) is 0 Å². The molecule has 0 bridgehead atoms. The second kappa shape index (κ2) is 6.03. The van der Waals surface area contributed by atoms with E-state index in [1.54, 1.807) is 12.1 Å². The highest BCUT2D eigenvalue weighted by Gasteiger charge is 2.05. The van der Waals surface area contributed by atoms with E-state index >= 15 is 0 Å². The molecule has 3 heteroatoms. The van der Waals surface area contributed by atoms with Crippen molar-refractivity contribution in [2.45, 2.75) is 23.3 Å². The first-order chi connectivity index (χ1) is 8.70. The van der Waals surface area contributed by atoms with Crippen molar-refractivity contribution in [2.75, 3.05) is 7.05 Å². The molecule has 0 aliphatic carbocycles. The van der Waals surface area contributed by atoms with Gasteiger partial charge in [-0.2, -0.15) is 0 Å². The van der Waals surface area contributed by atoms with Gasteiger partial charge >= 0.3 is 0 Å². The van der Waals surface area contributed by atoms with Crippen LogP contribution >= 0.6 is 11.8 Å². The van der Waals surface area contributed by atoms with Gasteiger partial charge in [0.05, 0.1) is 0 Å². The fourth-order valence-corrected chi connectivity index (χ4v) is 2.71. The predicted octanol–water partition coefficient (Wildman–Crippen LogP) is 4.00. The van der Waals surface area contributed by atoms with Crippen molar-refractivity contribution in [2.24, 2.45) is 0 Å². The van der Waals surface area contributed by atoms with Gasteiger partial charge in [-0.15, -0.1) is 0 Å². The largest absolute Gasteiger partial charge is 0.316 e. The first-order valence-electron chi connectivity index (χ1n) is 5.87. The van der Waals surface area contributed by atoms with E-state index < -0.39 is 0 Å². The number of halogens is 1. The van der Waals surface area contributed by atoms with Gasteiger partial charge < -0.3 is 5.32 Å². The van der Waals surface area contributed by atoms with E-state index in [0.29, 0.717) is 4.90 Å². The van der Waals surface area contributed by atoms with E-state index in [2.05, 4.69) is 24.4 Å². The number of aryl methyl sites for hydroxylation is 1. The molecule has 2 aromatic rings. The molecule has 0 fully saturated rings. The van der Waals surface area contributed by atoms with Crippen LogP contribution in [0.5, 0.6) is 0 Å². The third-order valence-electron chi connectivity index (χ3n) is 2.75. The van der Waals surface area contributed by atoms with Crippen molar-refractivity contribution in [3.63, 3.8) is 0 Å². The smallest absolute Gasteiger partial charge is 0.137 e. The zero-order chi connectivity index (χ0) is 13.0. The molecule has 1 N–H and O–H groups in total. The second-order valence-corrected chi connectivity index (χ2v) is 5.27. The van der Waals surface area contributed by atoms with Crippen LogP contribution in [0.1, 0.15) is 11.1 Å². The van der Waals surface area contributed by atoms with E-state index in [-0.39, 0.29) is 5.82 Å². The minimum absolute atomic E-state index is 0.167. The van der Waals surface area contributed by atoms with Gasteiger partial charge in [0.2, 0.25) is 0 Å². The predicted molar refractivity (Wildman–Crippen MR) is 74.5 cm³/mol. The Labute approximate surface area is 111 Å². The van der Waals surface area contributed by atoms with Crippen LogP contribution in [0.15, 0.2) is 52.3 Å². The molecule has 0 amide bonds. The molecule has 0 saturated heterocycles. The lowest BCUT2D eigenvalue weighted by atomic mass is 10.1. The van der Waals surface area contributed by atoms with Gasteiger partial charge in [-0.25, -0.2) is 4.39 Å². The number of hydrogen-bond acceptors (Lipinski definition) is 2. The normalized spacial score (nSPS) is 10.6. The molecule has 1 nitrogen and oxygen atoms in total. The van der Waals surface area contributed by atoms with Gasteiger partial charge in [0, 0.05) is 16.3 Å². The second-order valence-electron chi connectivity index (χ2n) is 4.15. The van der Waals surface area contributed by atoms with Crippen molar-refractivity contribution >= 4 is 11.8 Å². The van der Waals surface area contributed by atoms with Gasteiger partial charge in [-0.05, 0) is 49.4 Å². The molecule has 0 aromatic heterocycles. The molecule has 2 rings (SSSR count). The van der Waals surface area contributed by atoms with Gasteiger partial charge in [0.25, 0.3) is 0 Å². The van der Waals surface area contributed by atoms with E-state index in [9.17, 15) is 4.39 Å². The van der Waals surface area contributed by atoms with Gasteiger partial charge in [-0.1, -0.05) is 30.0 Å². The summed E-state index contributed by atoms with van der Waals surface area (Å²) in [6, 6.07) is 13.1. The molecule has 0 unspecified atom stereocenters. The Balaban J connectivity index is 2.20. The minimum Gasteiger partial charge on any atom is -0.316 e. The molecule has 18 heavy (non-hydrogen) atoms. The summed E-state index contributed by atoms with van der Waals surface area (Å²) in [5, 5.41) is 3.14. The number of benzene rings is 2. The van der Waals surface area contributed by atoms with Crippen LogP contribution in [0.4, 0.5) is 4.39 Å². The summed E-state index contributed by atoms with van der Waals surface area (Å²) in [5.41, 5.74) is 2.50.